The average Bonchev–Trinajstić information content (AvgIpc) is 2.52. The number of halogens is 2. The van der Waals surface area contributed by atoms with Crippen LogP contribution in [0.4, 0.5) is 0 Å². The Morgan fingerprint density at radius 3 is 2.16 bits per heavy atom. The van der Waals surface area contributed by atoms with Crippen LogP contribution in [0.5, 0.6) is 5.75 Å². The molecule has 0 heterocycles. The normalized spacial score (nSPS) is 11.2. The molecule has 2 rings (SSSR count). The Labute approximate surface area is 156 Å². The van der Waals surface area contributed by atoms with Gasteiger partial charge in [-0.1, -0.05) is 41.4 Å². The van der Waals surface area contributed by atoms with E-state index in [1.165, 1.54) is 12.1 Å². The first-order chi connectivity index (χ1) is 11.8. The van der Waals surface area contributed by atoms with E-state index in [0.717, 1.165) is 6.26 Å². The van der Waals surface area contributed by atoms with Crippen molar-refractivity contribution in [1.82, 2.24) is 0 Å². The number of para-hydroxylation sites is 1. The van der Waals surface area contributed by atoms with Gasteiger partial charge in [0.05, 0.1) is 21.4 Å². The van der Waals surface area contributed by atoms with Gasteiger partial charge in [0, 0.05) is 6.26 Å². The molecule has 5 nitrogen and oxygen atoms in total. The van der Waals surface area contributed by atoms with Gasteiger partial charge in [-0.3, -0.25) is 0 Å². The summed E-state index contributed by atoms with van der Waals surface area (Å²) in [5.74, 6) is -0.263. The molecule has 0 aromatic heterocycles. The number of benzene rings is 2. The molecule has 0 saturated carbocycles. The summed E-state index contributed by atoms with van der Waals surface area (Å²) in [5.41, 5.74) is 0.934. The van der Waals surface area contributed by atoms with Gasteiger partial charge in [0.1, 0.15) is 13.2 Å². The monoisotopic (exact) mass is 402 g/mol. The highest BCUT2D eigenvalue weighted by Crippen LogP contribution is 2.32. The van der Waals surface area contributed by atoms with E-state index in [4.69, 9.17) is 32.7 Å². The topological polar surface area (TPSA) is 69.7 Å². The van der Waals surface area contributed by atoms with Gasteiger partial charge in [-0.05, 0) is 29.8 Å². The van der Waals surface area contributed by atoms with Crippen molar-refractivity contribution >= 4 is 39.0 Å². The lowest BCUT2D eigenvalue weighted by atomic mass is 10.1. The lowest BCUT2D eigenvalue weighted by molar-refractivity contribution is 0.0450. The van der Waals surface area contributed by atoms with Crippen molar-refractivity contribution in [2.75, 3.05) is 19.5 Å². The fourth-order valence-electron chi connectivity index (χ4n) is 2.02. The molecule has 0 radical (unpaired) electrons. The molecule has 0 spiro atoms. The first kappa shape index (κ1) is 19.6. The Bertz CT molecular complexity index is 828. The minimum Gasteiger partial charge on any atom is -0.487 e. The summed E-state index contributed by atoms with van der Waals surface area (Å²) >= 11 is 11.9. The van der Waals surface area contributed by atoms with Crippen LogP contribution in [0.2, 0.25) is 10.0 Å². The third kappa shape index (κ3) is 6.23. The maximum Gasteiger partial charge on any atom is 0.338 e. The molecule has 0 atom stereocenters. The number of hydrogen-bond acceptors (Lipinski definition) is 5. The van der Waals surface area contributed by atoms with Gasteiger partial charge in [-0.15, -0.1) is 0 Å². The van der Waals surface area contributed by atoms with Crippen LogP contribution in [0.1, 0.15) is 15.9 Å². The zero-order valence-electron chi connectivity index (χ0n) is 13.4. The predicted molar refractivity (Wildman–Crippen MR) is 97.2 cm³/mol. The maximum absolute atomic E-state index is 11.9. The van der Waals surface area contributed by atoms with Gasteiger partial charge in [0.2, 0.25) is 0 Å². The van der Waals surface area contributed by atoms with Crippen molar-refractivity contribution in [3.05, 3.63) is 63.6 Å². The van der Waals surface area contributed by atoms with Crippen molar-refractivity contribution in [2.45, 2.75) is 5.75 Å². The molecular formula is C17H16Cl2O5S. The molecule has 25 heavy (non-hydrogen) atoms. The second-order valence-electron chi connectivity index (χ2n) is 5.30. The quantitative estimate of drug-likeness (QED) is 0.520. The van der Waals surface area contributed by atoms with Crippen molar-refractivity contribution < 1.29 is 22.7 Å². The van der Waals surface area contributed by atoms with Crippen molar-refractivity contribution in [1.29, 1.82) is 0 Å². The number of carbonyl (C=O) groups is 1. The minimum absolute atomic E-state index is 0.0193. The van der Waals surface area contributed by atoms with E-state index in [2.05, 4.69) is 0 Å². The Balaban J connectivity index is 1.84. The number of rotatable bonds is 7. The van der Waals surface area contributed by atoms with Crippen LogP contribution < -0.4 is 4.74 Å². The molecule has 0 aliphatic rings. The highest BCUT2D eigenvalue weighted by molar-refractivity contribution is 7.89. The Hall–Kier alpha value is -1.76. The first-order valence-electron chi connectivity index (χ1n) is 7.27. The van der Waals surface area contributed by atoms with E-state index in [-0.39, 0.29) is 19.0 Å². The number of ether oxygens (including phenoxy) is 2. The van der Waals surface area contributed by atoms with Crippen LogP contribution in [-0.2, 0) is 20.3 Å². The summed E-state index contributed by atoms with van der Waals surface area (Å²) in [6.07, 6.45) is 1.15. The SMILES string of the molecule is CS(=O)(=O)Cc1ccc(C(=O)OCCOc2c(Cl)cccc2Cl)cc1. The van der Waals surface area contributed by atoms with E-state index in [1.54, 1.807) is 30.3 Å². The van der Waals surface area contributed by atoms with Crippen LogP contribution in [0, 0.1) is 0 Å². The molecule has 2 aromatic carbocycles. The molecule has 0 amide bonds. The predicted octanol–water partition coefficient (Wildman–Crippen LogP) is 3.77. The molecule has 2 aromatic rings. The Kier molecular flexibility index (Phi) is 6.70. The van der Waals surface area contributed by atoms with Gasteiger partial charge in [-0.25, -0.2) is 13.2 Å². The number of esters is 1. The first-order valence-corrected chi connectivity index (χ1v) is 10.1. The van der Waals surface area contributed by atoms with Crippen LogP contribution in [0.25, 0.3) is 0 Å². The second kappa shape index (κ2) is 8.56. The van der Waals surface area contributed by atoms with Crippen molar-refractivity contribution in [3.8, 4) is 5.75 Å². The van der Waals surface area contributed by atoms with Crippen LogP contribution in [-0.4, -0.2) is 33.9 Å². The van der Waals surface area contributed by atoms with E-state index in [9.17, 15) is 13.2 Å². The fourth-order valence-corrected chi connectivity index (χ4v) is 3.33. The zero-order chi connectivity index (χ0) is 18.4. The van der Waals surface area contributed by atoms with E-state index in [0.29, 0.717) is 26.9 Å². The van der Waals surface area contributed by atoms with Gasteiger partial charge >= 0.3 is 5.97 Å². The van der Waals surface area contributed by atoms with E-state index < -0.39 is 15.8 Å². The smallest absolute Gasteiger partial charge is 0.338 e. The van der Waals surface area contributed by atoms with E-state index >= 15 is 0 Å². The number of carbonyl (C=O) groups excluding carboxylic acids is 1. The molecule has 134 valence electrons. The molecule has 0 unspecified atom stereocenters. The highest BCUT2D eigenvalue weighted by atomic mass is 35.5. The van der Waals surface area contributed by atoms with Crippen LogP contribution in [0.15, 0.2) is 42.5 Å². The van der Waals surface area contributed by atoms with Gasteiger partial charge < -0.3 is 9.47 Å². The molecular weight excluding hydrogens is 387 g/mol. The molecule has 0 aliphatic heterocycles. The maximum atomic E-state index is 11.9. The number of sulfone groups is 1. The molecule has 0 N–H and O–H groups in total. The van der Waals surface area contributed by atoms with Crippen LogP contribution in [0.3, 0.4) is 0 Å². The van der Waals surface area contributed by atoms with Crippen molar-refractivity contribution in [2.24, 2.45) is 0 Å². The summed E-state index contributed by atoms with van der Waals surface area (Å²) in [6, 6.07) is 11.2. The summed E-state index contributed by atoms with van der Waals surface area (Å²) in [5, 5.41) is 0.751. The van der Waals surface area contributed by atoms with Gasteiger partial charge in [-0.2, -0.15) is 0 Å². The summed E-state index contributed by atoms with van der Waals surface area (Å²) < 4.78 is 33.0. The fraction of sp³-hybridized carbons (Fsp3) is 0.235. The van der Waals surface area contributed by atoms with Gasteiger partial charge in [0.15, 0.2) is 15.6 Å². The molecule has 0 aliphatic carbocycles. The van der Waals surface area contributed by atoms with Gasteiger partial charge in [0.25, 0.3) is 0 Å². The minimum atomic E-state index is -3.12. The standard InChI is InChI=1S/C17H16Cl2O5S/c1-25(21,22)11-12-5-7-13(8-6-12)17(20)24-10-9-23-16-14(18)3-2-4-15(16)19/h2-8H,9-11H2,1H3. The lowest BCUT2D eigenvalue weighted by Crippen LogP contribution is -2.12. The largest absolute Gasteiger partial charge is 0.487 e. The summed E-state index contributed by atoms with van der Waals surface area (Å²) in [6.45, 7) is 0.118. The molecule has 0 fully saturated rings. The summed E-state index contributed by atoms with van der Waals surface area (Å²) in [7, 11) is -3.12. The second-order valence-corrected chi connectivity index (χ2v) is 8.26. The lowest BCUT2D eigenvalue weighted by Gasteiger charge is -2.10. The van der Waals surface area contributed by atoms with Crippen molar-refractivity contribution in [3.63, 3.8) is 0 Å². The Morgan fingerprint density at radius 1 is 1.00 bits per heavy atom. The summed E-state index contributed by atoms with van der Waals surface area (Å²) in [4.78, 5) is 11.9. The van der Waals surface area contributed by atoms with E-state index in [1.807, 2.05) is 0 Å². The Morgan fingerprint density at radius 2 is 1.60 bits per heavy atom. The molecule has 0 bridgehead atoms. The zero-order valence-corrected chi connectivity index (χ0v) is 15.7. The van der Waals surface area contributed by atoms with Crippen LogP contribution >= 0.6 is 23.2 Å². The molecule has 0 saturated heterocycles. The third-order valence-electron chi connectivity index (χ3n) is 3.10. The highest BCUT2D eigenvalue weighted by Gasteiger charge is 2.10. The number of hydrogen-bond donors (Lipinski definition) is 0. The molecule has 8 heteroatoms. The average molecular weight is 403 g/mol. The third-order valence-corrected chi connectivity index (χ3v) is 4.55.